The summed E-state index contributed by atoms with van der Waals surface area (Å²) in [6.45, 7) is 6.93. The lowest BCUT2D eigenvalue weighted by molar-refractivity contribution is 0.0225. The minimum atomic E-state index is -0.559. The Morgan fingerprint density at radius 1 is 1.30 bits per heavy atom. The van der Waals surface area contributed by atoms with Gasteiger partial charge in [-0.3, -0.25) is 14.9 Å². The number of carbonyl (C=O) groups is 2. The van der Waals surface area contributed by atoms with Crippen LogP contribution in [0.25, 0.3) is 0 Å². The fourth-order valence-corrected chi connectivity index (χ4v) is 3.82. The highest BCUT2D eigenvalue weighted by atomic mass is 32.1. The summed E-state index contributed by atoms with van der Waals surface area (Å²) in [5.74, 6) is -0.462. The number of amides is 2. The number of methoxy groups -OCH3 is 1. The van der Waals surface area contributed by atoms with Crippen LogP contribution in [0.2, 0.25) is 0 Å². The summed E-state index contributed by atoms with van der Waals surface area (Å²) in [4.78, 5) is 43.7. The summed E-state index contributed by atoms with van der Waals surface area (Å²) < 4.78 is 11.6. The molecule has 1 aliphatic rings. The van der Waals surface area contributed by atoms with Gasteiger partial charge in [0, 0.05) is 31.0 Å². The molecule has 0 saturated heterocycles. The smallest absolute Gasteiger partial charge is 0.410 e. The van der Waals surface area contributed by atoms with Gasteiger partial charge in [-0.15, -0.1) is 0 Å². The Balaban J connectivity index is 1.68. The third kappa shape index (κ3) is 5.42. The maximum atomic E-state index is 12.6. The summed E-state index contributed by atoms with van der Waals surface area (Å²) in [7, 11) is 1.52. The van der Waals surface area contributed by atoms with Crippen LogP contribution in [0.15, 0.2) is 16.9 Å². The number of nitrogens with zero attached hydrogens (tertiary/aromatic N) is 4. The lowest BCUT2D eigenvalue weighted by Gasteiger charge is -2.29. The Morgan fingerprint density at radius 3 is 2.77 bits per heavy atom. The van der Waals surface area contributed by atoms with Crippen LogP contribution in [0.1, 0.15) is 41.8 Å². The molecule has 10 nitrogen and oxygen atoms in total. The standard InChI is InChI=1S/C19H25N5O5S/c1-19(2,3)29-18(27)23-8-7-12-14(11-23)30-17(20-12)21-16(26)13-5-6-15(25)24(22-13)9-10-28-4/h5-6H,7-11H2,1-4H3,(H,20,21,26). The first-order valence-corrected chi connectivity index (χ1v) is 10.3. The van der Waals surface area contributed by atoms with E-state index in [0.717, 1.165) is 10.6 Å². The van der Waals surface area contributed by atoms with Gasteiger partial charge in [-0.25, -0.2) is 14.5 Å². The summed E-state index contributed by atoms with van der Waals surface area (Å²) in [6, 6.07) is 2.67. The quantitative estimate of drug-likeness (QED) is 0.762. The molecule has 2 aromatic heterocycles. The van der Waals surface area contributed by atoms with Gasteiger partial charge >= 0.3 is 6.09 Å². The van der Waals surface area contributed by atoms with Crippen molar-refractivity contribution in [2.75, 3.05) is 25.6 Å². The van der Waals surface area contributed by atoms with E-state index in [4.69, 9.17) is 9.47 Å². The number of anilines is 1. The topological polar surface area (TPSA) is 116 Å². The fourth-order valence-electron chi connectivity index (χ4n) is 2.80. The molecule has 3 rings (SSSR count). The largest absolute Gasteiger partial charge is 0.444 e. The van der Waals surface area contributed by atoms with Crippen LogP contribution in [0.4, 0.5) is 9.93 Å². The number of hydrogen-bond acceptors (Lipinski definition) is 8. The lowest BCUT2D eigenvalue weighted by atomic mass is 10.2. The molecule has 0 aliphatic carbocycles. The van der Waals surface area contributed by atoms with Crippen molar-refractivity contribution in [3.63, 3.8) is 0 Å². The Labute approximate surface area is 177 Å². The Bertz CT molecular complexity index is 994. The van der Waals surface area contributed by atoms with Gasteiger partial charge in [0.25, 0.3) is 11.5 Å². The molecule has 3 heterocycles. The molecular formula is C19H25N5O5S. The van der Waals surface area contributed by atoms with Gasteiger partial charge < -0.3 is 14.4 Å². The molecule has 162 valence electrons. The Hall–Kier alpha value is -2.79. The van der Waals surface area contributed by atoms with E-state index in [1.54, 1.807) is 4.90 Å². The summed E-state index contributed by atoms with van der Waals surface area (Å²) in [6.07, 6.45) is 0.218. The van der Waals surface area contributed by atoms with Gasteiger partial charge in [0.1, 0.15) is 11.3 Å². The molecule has 2 aromatic rings. The minimum absolute atomic E-state index is 0.106. The van der Waals surface area contributed by atoms with Gasteiger partial charge in [-0.2, -0.15) is 5.10 Å². The number of ether oxygens (including phenoxy) is 2. The fraction of sp³-hybridized carbons (Fsp3) is 0.526. The van der Waals surface area contributed by atoms with Gasteiger partial charge in [-0.1, -0.05) is 11.3 Å². The highest BCUT2D eigenvalue weighted by Gasteiger charge is 2.28. The SMILES string of the molecule is COCCn1nc(C(=O)Nc2nc3c(s2)CN(C(=O)OC(C)(C)C)CC3)ccc1=O. The van der Waals surface area contributed by atoms with Crippen LogP contribution >= 0.6 is 11.3 Å². The van der Waals surface area contributed by atoms with E-state index in [1.807, 2.05) is 20.8 Å². The van der Waals surface area contributed by atoms with Crippen molar-refractivity contribution < 1.29 is 19.1 Å². The Kier molecular flexibility index (Phi) is 6.52. The van der Waals surface area contributed by atoms with Crippen molar-refractivity contribution in [3.05, 3.63) is 38.8 Å². The van der Waals surface area contributed by atoms with Crippen LogP contribution in [0, 0.1) is 0 Å². The first-order chi connectivity index (χ1) is 14.2. The number of nitrogens with one attached hydrogen (secondary N) is 1. The van der Waals surface area contributed by atoms with E-state index in [-0.39, 0.29) is 23.9 Å². The van der Waals surface area contributed by atoms with Gasteiger partial charge in [0.05, 0.1) is 25.4 Å². The van der Waals surface area contributed by atoms with Crippen molar-refractivity contribution >= 4 is 28.5 Å². The zero-order chi connectivity index (χ0) is 21.9. The van der Waals surface area contributed by atoms with Crippen LogP contribution < -0.4 is 10.9 Å². The molecule has 0 fully saturated rings. The normalized spacial score (nSPS) is 13.7. The van der Waals surface area contributed by atoms with Crippen molar-refractivity contribution in [2.24, 2.45) is 0 Å². The van der Waals surface area contributed by atoms with Crippen LogP contribution in [-0.2, 0) is 29.0 Å². The van der Waals surface area contributed by atoms with Gasteiger partial charge in [0.2, 0.25) is 0 Å². The van der Waals surface area contributed by atoms with E-state index >= 15 is 0 Å². The monoisotopic (exact) mass is 435 g/mol. The van der Waals surface area contributed by atoms with Gasteiger partial charge in [-0.05, 0) is 26.8 Å². The molecule has 0 atom stereocenters. The molecular weight excluding hydrogens is 410 g/mol. The summed E-state index contributed by atoms with van der Waals surface area (Å²) >= 11 is 1.31. The predicted octanol–water partition coefficient (Wildman–Crippen LogP) is 1.89. The van der Waals surface area contributed by atoms with E-state index < -0.39 is 11.5 Å². The second-order valence-electron chi connectivity index (χ2n) is 7.77. The zero-order valence-electron chi connectivity index (χ0n) is 17.4. The molecule has 2 amide bonds. The third-order valence-corrected chi connectivity index (χ3v) is 5.21. The number of carbonyl (C=O) groups excluding carboxylic acids is 2. The molecule has 0 bridgehead atoms. The lowest BCUT2D eigenvalue weighted by Crippen LogP contribution is -2.39. The highest BCUT2D eigenvalue weighted by molar-refractivity contribution is 7.15. The number of rotatable bonds is 5. The molecule has 11 heteroatoms. The zero-order valence-corrected chi connectivity index (χ0v) is 18.2. The molecule has 30 heavy (non-hydrogen) atoms. The van der Waals surface area contributed by atoms with Crippen LogP contribution in [-0.4, -0.2) is 57.5 Å². The van der Waals surface area contributed by atoms with E-state index in [1.165, 1.54) is 35.3 Å². The van der Waals surface area contributed by atoms with E-state index in [9.17, 15) is 14.4 Å². The first-order valence-electron chi connectivity index (χ1n) is 9.51. The molecule has 1 aliphatic heterocycles. The maximum absolute atomic E-state index is 12.6. The van der Waals surface area contributed by atoms with E-state index in [2.05, 4.69) is 15.4 Å². The third-order valence-electron chi connectivity index (χ3n) is 4.21. The molecule has 0 unspecified atom stereocenters. The van der Waals surface area contributed by atoms with Crippen molar-refractivity contribution in [2.45, 2.75) is 45.9 Å². The summed E-state index contributed by atoms with van der Waals surface area (Å²) in [5.41, 5.74) is 0.0923. The maximum Gasteiger partial charge on any atom is 0.410 e. The molecule has 0 spiro atoms. The second-order valence-corrected chi connectivity index (χ2v) is 8.85. The number of thiazole rings is 1. The highest BCUT2D eigenvalue weighted by Crippen LogP contribution is 2.29. The minimum Gasteiger partial charge on any atom is -0.444 e. The van der Waals surface area contributed by atoms with Crippen molar-refractivity contribution in [1.82, 2.24) is 19.7 Å². The second kappa shape index (κ2) is 8.92. The summed E-state index contributed by atoms with van der Waals surface area (Å²) in [5, 5.41) is 7.23. The van der Waals surface area contributed by atoms with Crippen molar-refractivity contribution in [1.29, 1.82) is 0 Å². The van der Waals surface area contributed by atoms with Crippen LogP contribution in [0.5, 0.6) is 0 Å². The molecule has 0 saturated carbocycles. The van der Waals surface area contributed by atoms with Crippen LogP contribution in [0.3, 0.4) is 0 Å². The van der Waals surface area contributed by atoms with Gasteiger partial charge in [0.15, 0.2) is 5.13 Å². The number of fused-ring (bicyclic) bond motifs is 1. The number of hydrogen-bond donors (Lipinski definition) is 1. The molecule has 1 N–H and O–H groups in total. The Morgan fingerprint density at radius 2 is 2.07 bits per heavy atom. The number of aromatic nitrogens is 3. The molecule has 0 aromatic carbocycles. The molecule has 0 radical (unpaired) electrons. The van der Waals surface area contributed by atoms with Crippen molar-refractivity contribution in [3.8, 4) is 0 Å². The average molecular weight is 436 g/mol. The van der Waals surface area contributed by atoms with E-state index in [0.29, 0.717) is 31.2 Å². The predicted molar refractivity (Wildman–Crippen MR) is 111 cm³/mol. The first kappa shape index (κ1) is 21.9. The average Bonchev–Trinajstić information content (AvgIpc) is 3.07.